The van der Waals surface area contributed by atoms with Crippen molar-refractivity contribution in [2.45, 2.75) is 46.0 Å². The highest BCUT2D eigenvalue weighted by Crippen LogP contribution is 2.19. The molecular weight excluding hydrogens is 374 g/mol. The van der Waals surface area contributed by atoms with E-state index in [4.69, 9.17) is 14.2 Å². The third-order valence-electron chi connectivity index (χ3n) is 4.14. The summed E-state index contributed by atoms with van der Waals surface area (Å²) in [5, 5.41) is 12.0. The molecule has 2 N–H and O–H groups in total. The summed E-state index contributed by atoms with van der Waals surface area (Å²) in [4.78, 5) is 23.5. The topological polar surface area (TPSA) is 94.1 Å². The molecule has 2 rings (SSSR count). The van der Waals surface area contributed by atoms with Crippen LogP contribution in [0.2, 0.25) is 0 Å². The lowest BCUT2D eigenvalue weighted by atomic mass is 10.1. The number of aliphatic carboxylic acids is 1. The number of rotatable bonds is 9. The molecule has 7 nitrogen and oxygen atoms in total. The van der Waals surface area contributed by atoms with Crippen LogP contribution >= 0.6 is 0 Å². The highest BCUT2D eigenvalue weighted by atomic mass is 16.5. The zero-order valence-electron chi connectivity index (χ0n) is 17.1. The molecule has 0 aliphatic heterocycles. The number of nitrogens with one attached hydrogen (secondary N) is 1. The van der Waals surface area contributed by atoms with Gasteiger partial charge >= 0.3 is 12.1 Å². The smallest absolute Gasteiger partial charge is 0.411 e. The second-order valence-corrected chi connectivity index (χ2v) is 6.92. The van der Waals surface area contributed by atoms with Gasteiger partial charge in [-0.2, -0.15) is 0 Å². The number of methoxy groups -OCH3 is 1. The fraction of sp³-hybridized carbons (Fsp3) is 0.364. The van der Waals surface area contributed by atoms with Gasteiger partial charge in [-0.3, -0.25) is 5.32 Å². The molecular formula is C22H27NO6. The Bertz CT molecular complexity index is 849. The Morgan fingerprint density at radius 2 is 1.86 bits per heavy atom. The number of carbonyl (C=O) groups excluding carboxylic acids is 1. The first-order chi connectivity index (χ1) is 13.8. The SMILES string of the molecule is COc1ccc(COC(=O)Nc2cccc(CC(OC(C)C)C(=O)O)c2)cc1C. The zero-order chi connectivity index (χ0) is 21.4. The molecule has 0 aromatic heterocycles. The molecule has 0 fully saturated rings. The van der Waals surface area contributed by atoms with E-state index in [0.29, 0.717) is 5.69 Å². The van der Waals surface area contributed by atoms with E-state index in [0.717, 1.165) is 22.4 Å². The second kappa shape index (κ2) is 10.5. The van der Waals surface area contributed by atoms with Crippen molar-refractivity contribution in [3.8, 4) is 5.75 Å². The first-order valence-electron chi connectivity index (χ1n) is 9.33. The van der Waals surface area contributed by atoms with Gasteiger partial charge in [-0.25, -0.2) is 9.59 Å². The summed E-state index contributed by atoms with van der Waals surface area (Å²) < 4.78 is 15.9. The summed E-state index contributed by atoms with van der Waals surface area (Å²) in [6.45, 7) is 5.61. The Balaban J connectivity index is 1.94. The number of carboxylic acid groups (broad SMARTS) is 1. The van der Waals surface area contributed by atoms with Gasteiger partial charge in [0, 0.05) is 12.1 Å². The van der Waals surface area contributed by atoms with Crippen LogP contribution < -0.4 is 10.1 Å². The highest BCUT2D eigenvalue weighted by molar-refractivity contribution is 5.84. The quantitative estimate of drug-likeness (QED) is 0.655. The number of hydrogen-bond acceptors (Lipinski definition) is 5. The summed E-state index contributed by atoms with van der Waals surface area (Å²) in [5.74, 6) is -0.248. The van der Waals surface area contributed by atoms with Crippen LogP contribution in [0.25, 0.3) is 0 Å². The van der Waals surface area contributed by atoms with E-state index in [9.17, 15) is 14.7 Å². The van der Waals surface area contributed by atoms with E-state index < -0.39 is 18.2 Å². The van der Waals surface area contributed by atoms with Gasteiger partial charge in [0.05, 0.1) is 13.2 Å². The molecule has 0 radical (unpaired) electrons. The Morgan fingerprint density at radius 3 is 2.48 bits per heavy atom. The number of hydrogen-bond donors (Lipinski definition) is 2. The number of anilines is 1. The molecule has 0 spiro atoms. The highest BCUT2D eigenvalue weighted by Gasteiger charge is 2.20. The predicted octanol–water partition coefficient (Wildman–Crippen LogP) is 4.17. The largest absolute Gasteiger partial charge is 0.496 e. The predicted molar refractivity (Wildman–Crippen MR) is 109 cm³/mol. The number of carboxylic acids is 1. The van der Waals surface area contributed by atoms with E-state index in [1.807, 2.05) is 25.1 Å². The van der Waals surface area contributed by atoms with Crippen molar-refractivity contribution in [1.29, 1.82) is 0 Å². The molecule has 0 heterocycles. The van der Waals surface area contributed by atoms with Crippen molar-refractivity contribution in [2.24, 2.45) is 0 Å². The summed E-state index contributed by atoms with van der Waals surface area (Å²) in [5.41, 5.74) is 3.06. The molecule has 0 bridgehead atoms. The van der Waals surface area contributed by atoms with Crippen molar-refractivity contribution >= 4 is 17.7 Å². The van der Waals surface area contributed by atoms with Crippen LogP contribution in [0.1, 0.15) is 30.5 Å². The third-order valence-corrected chi connectivity index (χ3v) is 4.14. The normalized spacial score (nSPS) is 11.8. The monoisotopic (exact) mass is 401 g/mol. The maximum atomic E-state index is 12.1. The van der Waals surface area contributed by atoms with E-state index in [1.165, 1.54) is 0 Å². The molecule has 7 heteroatoms. The minimum Gasteiger partial charge on any atom is -0.496 e. The molecule has 2 aromatic carbocycles. The van der Waals surface area contributed by atoms with Gasteiger partial charge in [0.2, 0.25) is 0 Å². The molecule has 0 saturated carbocycles. The van der Waals surface area contributed by atoms with Gasteiger partial charge < -0.3 is 19.3 Å². The van der Waals surface area contributed by atoms with Gasteiger partial charge in [0.25, 0.3) is 0 Å². The molecule has 1 unspecified atom stereocenters. The number of carbonyl (C=O) groups is 2. The van der Waals surface area contributed by atoms with Gasteiger partial charge in [-0.1, -0.05) is 18.2 Å². The zero-order valence-corrected chi connectivity index (χ0v) is 17.1. The Hall–Kier alpha value is -3.06. The number of aryl methyl sites for hydroxylation is 1. The minimum absolute atomic E-state index is 0.125. The first kappa shape index (κ1) is 22.2. The fourth-order valence-corrected chi connectivity index (χ4v) is 2.85. The van der Waals surface area contributed by atoms with Crippen molar-refractivity contribution in [3.63, 3.8) is 0 Å². The average molecular weight is 401 g/mol. The minimum atomic E-state index is -1.02. The van der Waals surface area contributed by atoms with E-state index in [2.05, 4.69) is 5.32 Å². The maximum absolute atomic E-state index is 12.1. The van der Waals surface area contributed by atoms with Crippen molar-refractivity contribution in [1.82, 2.24) is 0 Å². The molecule has 29 heavy (non-hydrogen) atoms. The fourth-order valence-electron chi connectivity index (χ4n) is 2.85. The van der Waals surface area contributed by atoms with Gasteiger partial charge in [0.1, 0.15) is 12.4 Å². The van der Waals surface area contributed by atoms with Crippen LogP contribution in [-0.4, -0.2) is 36.5 Å². The average Bonchev–Trinajstić information content (AvgIpc) is 2.66. The lowest BCUT2D eigenvalue weighted by molar-refractivity contribution is -0.153. The Kier molecular flexibility index (Phi) is 8.03. The molecule has 2 aromatic rings. The van der Waals surface area contributed by atoms with E-state index in [-0.39, 0.29) is 19.1 Å². The van der Waals surface area contributed by atoms with Crippen LogP contribution in [0, 0.1) is 6.92 Å². The van der Waals surface area contributed by atoms with Crippen molar-refractivity contribution in [3.05, 3.63) is 59.2 Å². The maximum Gasteiger partial charge on any atom is 0.411 e. The van der Waals surface area contributed by atoms with Crippen LogP contribution in [0.3, 0.4) is 0 Å². The summed E-state index contributed by atoms with van der Waals surface area (Å²) in [6, 6.07) is 12.5. The van der Waals surface area contributed by atoms with Gasteiger partial charge in [-0.15, -0.1) is 0 Å². The number of ether oxygens (including phenoxy) is 3. The summed E-state index contributed by atoms with van der Waals surface area (Å²) in [6.07, 6.45) is -1.54. The van der Waals surface area contributed by atoms with Crippen LogP contribution in [0.4, 0.5) is 10.5 Å². The summed E-state index contributed by atoms with van der Waals surface area (Å²) >= 11 is 0. The second-order valence-electron chi connectivity index (χ2n) is 6.92. The first-order valence-corrected chi connectivity index (χ1v) is 9.33. The summed E-state index contributed by atoms with van der Waals surface area (Å²) in [7, 11) is 1.60. The number of benzene rings is 2. The standard InChI is InChI=1S/C22H27NO6/c1-14(2)29-20(21(24)25)12-16-6-5-7-18(11-16)23-22(26)28-13-17-8-9-19(27-4)15(3)10-17/h5-11,14,20H,12-13H2,1-4H3,(H,23,26)(H,24,25). The molecule has 0 aliphatic carbocycles. The molecule has 0 aliphatic rings. The van der Waals surface area contributed by atoms with E-state index >= 15 is 0 Å². The third kappa shape index (κ3) is 7.12. The van der Waals surface area contributed by atoms with Crippen LogP contribution in [-0.2, 0) is 27.3 Å². The lowest BCUT2D eigenvalue weighted by Crippen LogP contribution is -2.29. The van der Waals surface area contributed by atoms with Gasteiger partial charge in [-0.05, 0) is 61.7 Å². The van der Waals surface area contributed by atoms with Crippen LogP contribution in [0.5, 0.6) is 5.75 Å². The Labute approximate surface area is 170 Å². The number of amides is 1. The van der Waals surface area contributed by atoms with Gasteiger partial charge in [0.15, 0.2) is 6.10 Å². The molecule has 0 saturated heterocycles. The lowest BCUT2D eigenvalue weighted by Gasteiger charge is -2.17. The van der Waals surface area contributed by atoms with Crippen LogP contribution in [0.15, 0.2) is 42.5 Å². The molecule has 156 valence electrons. The van der Waals surface area contributed by atoms with Crippen molar-refractivity contribution < 1.29 is 28.9 Å². The Morgan fingerprint density at radius 1 is 1.10 bits per heavy atom. The van der Waals surface area contributed by atoms with Crippen molar-refractivity contribution in [2.75, 3.05) is 12.4 Å². The molecule has 1 atom stereocenters. The van der Waals surface area contributed by atoms with E-state index in [1.54, 1.807) is 45.2 Å². The molecule has 1 amide bonds.